The Labute approximate surface area is 151 Å². The highest BCUT2D eigenvalue weighted by atomic mass is 35.5. The van der Waals surface area contributed by atoms with Gasteiger partial charge in [-0.2, -0.15) is 0 Å². The Balaban J connectivity index is 0.00000264. The van der Waals surface area contributed by atoms with Crippen molar-refractivity contribution < 1.29 is 4.79 Å². The van der Waals surface area contributed by atoms with Crippen LogP contribution in [-0.2, 0) is 4.79 Å². The van der Waals surface area contributed by atoms with E-state index in [-0.39, 0.29) is 30.3 Å². The number of benzene rings is 1. The van der Waals surface area contributed by atoms with E-state index >= 15 is 0 Å². The van der Waals surface area contributed by atoms with Crippen molar-refractivity contribution in [3.8, 4) is 0 Å². The van der Waals surface area contributed by atoms with Gasteiger partial charge in [-0.25, -0.2) is 0 Å². The van der Waals surface area contributed by atoms with Gasteiger partial charge in [-0.15, -0.1) is 12.4 Å². The van der Waals surface area contributed by atoms with Crippen LogP contribution in [-0.4, -0.2) is 18.5 Å². The van der Waals surface area contributed by atoms with Gasteiger partial charge in [0.2, 0.25) is 5.91 Å². The summed E-state index contributed by atoms with van der Waals surface area (Å²) in [7, 11) is 0. The zero-order chi connectivity index (χ0) is 16.1. The van der Waals surface area contributed by atoms with Crippen LogP contribution >= 0.6 is 24.0 Å². The van der Waals surface area contributed by atoms with Gasteiger partial charge in [-0.05, 0) is 56.3 Å². The average Bonchev–Trinajstić information content (AvgIpc) is 2.47. The Kier molecular flexibility index (Phi) is 8.38. The summed E-state index contributed by atoms with van der Waals surface area (Å²) in [5.41, 5.74) is 1.13. The number of nitrogens with one attached hydrogen (secondary N) is 2. The molecule has 1 aromatic rings. The monoisotopic (exact) mass is 358 g/mol. The van der Waals surface area contributed by atoms with Crippen LogP contribution in [0.1, 0.15) is 51.6 Å². The van der Waals surface area contributed by atoms with E-state index in [1.54, 1.807) is 0 Å². The van der Waals surface area contributed by atoms with E-state index in [2.05, 4.69) is 31.4 Å². The normalized spacial score (nSPS) is 22.3. The zero-order valence-electron chi connectivity index (χ0n) is 14.1. The summed E-state index contributed by atoms with van der Waals surface area (Å²) in [5.74, 6) is 0.833. The highest BCUT2D eigenvalue weighted by molar-refractivity contribution is 6.30. The molecule has 0 aliphatic carbocycles. The number of carbonyl (C=O) groups is 1. The predicted octanol–water partition coefficient (Wildman–Crippen LogP) is 4.35. The highest BCUT2D eigenvalue weighted by Crippen LogP contribution is 2.25. The van der Waals surface area contributed by atoms with Crippen LogP contribution in [0.15, 0.2) is 24.3 Å². The first kappa shape index (κ1) is 20.3. The largest absolute Gasteiger partial charge is 0.349 e. The fourth-order valence-electron chi connectivity index (χ4n) is 3.10. The molecule has 1 heterocycles. The summed E-state index contributed by atoms with van der Waals surface area (Å²) in [6.45, 7) is 7.43. The number of piperidine rings is 1. The minimum absolute atomic E-state index is 0. The number of rotatable bonds is 5. The molecule has 0 radical (unpaired) electrons. The molecule has 1 aliphatic heterocycles. The van der Waals surface area contributed by atoms with Gasteiger partial charge in [-0.3, -0.25) is 4.79 Å². The topological polar surface area (TPSA) is 41.1 Å². The number of halogens is 2. The molecule has 2 rings (SSSR count). The standard InChI is InChI=1S/C18H27ClN2O.ClH/c1-12(2)10-17(14-4-6-16(19)7-5-14)21-18(22)15-8-9-20-13(3)11-15;/h4-7,12-13,15,17,20H,8-11H2,1-3H3,(H,21,22);1H/t13-,15-,17?;/m0./s1. The third kappa shape index (κ3) is 6.33. The lowest BCUT2D eigenvalue weighted by Gasteiger charge is -2.29. The van der Waals surface area contributed by atoms with Crippen molar-refractivity contribution in [1.82, 2.24) is 10.6 Å². The molecule has 130 valence electrons. The third-order valence-corrected chi connectivity index (χ3v) is 4.54. The summed E-state index contributed by atoms with van der Waals surface area (Å²) in [6.07, 6.45) is 2.78. The minimum Gasteiger partial charge on any atom is -0.349 e. The molecule has 0 spiro atoms. The fourth-order valence-corrected chi connectivity index (χ4v) is 3.23. The number of hydrogen-bond donors (Lipinski definition) is 2. The molecule has 3 nitrogen and oxygen atoms in total. The number of hydrogen-bond acceptors (Lipinski definition) is 2. The van der Waals surface area contributed by atoms with Crippen LogP contribution in [0.25, 0.3) is 0 Å². The van der Waals surface area contributed by atoms with Crippen molar-refractivity contribution in [2.45, 2.75) is 52.1 Å². The molecule has 1 saturated heterocycles. The second kappa shape index (κ2) is 9.51. The molecular formula is C18H28Cl2N2O. The van der Waals surface area contributed by atoms with Crippen molar-refractivity contribution in [1.29, 1.82) is 0 Å². The molecule has 1 unspecified atom stereocenters. The van der Waals surface area contributed by atoms with Crippen molar-refractivity contribution in [2.75, 3.05) is 6.54 Å². The van der Waals surface area contributed by atoms with E-state index in [9.17, 15) is 4.79 Å². The van der Waals surface area contributed by atoms with Crippen molar-refractivity contribution in [3.63, 3.8) is 0 Å². The summed E-state index contributed by atoms with van der Waals surface area (Å²) in [4.78, 5) is 12.6. The summed E-state index contributed by atoms with van der Waals surface area (Å²) in [5, 5.41) is 7.39. The molecule has 0 saturated carbocycles. The summed E-state index contributed by atoms with van der Waals surface area (Å²) < 4.78 is 0. The van der Waals surface area contributed by atoms with Gasteiger partial charge < -0.3 is 10.6 Å². The molecule has 5 heteroatoms. The van der Waals surface area contributed by atoms with Crippen molar-refractivity contribution in [3.05, 3.63) is 34.9 Å². The SMILES string of the molecule is CC(C)CC(NC(=O)[C@H]1CCN[C@@H](C)C1)c1ccc(Cl)cc1.Cl. The molecule has 3 atom stereocenters. The van der Waals surface area contributed by atoms with E-state index < -0.39 is 0 Å². The quantitative estimate of drug-likeness (QED) is 0.821. The first-order valence-electron chi connectivity index (χ1n) is 8.25. The average molecular weight is 359 g/mol. The number of amides is 1. The maximum atomic E-state index is 12.6. The van der Waals surface area contributed by atoms with Gasteiger partial charge >= 0.3 is 0 Å². The van der Waals surface area contributed by atoms with E-state index in [1.807, 2.05) is 24.3 Å². The second-order valence-electron chi connectivity index (χ2n) is 6.82. The molecule has 23 heavy (non-hydrogen) atoms. The molecule has 0 bridgehead atoms. The van der Waals surface area contributed by atoms with Crippen LogP contribution in [0.3, 0.4) is 0 Å². The van der Waals surface area contributed by atoms with Gasteiger partial charge in [0.25, 0.3) is 0 Å². The van der Waals surface area contributed by atoms with E-state index in [0.29, 0.717) is 12.0 Å². The van der Waals surface area contributed by atoms with Crippen molar-refractivity contribution in [2.24, 2.45) is 11.8 Å². The van der Waals surface area contributed by atoms with Crippen LogP contribution < -0.4 is 10.6 Å². The molecule has 1 fully saturated rings. The molecule has 2 N–H and O–H groups in total. The predicted molar refractivity (Wildman–Crippen MR) is 99.2 cm³/mol. The van der Waals surface area contributed by atoms with Crippen molar-refractivity contribution >= 4 is 29.9 Å². The maximum absolute atomic E-state index is 12.6. The van der Waals surface area contributed by atoms with Gasteiger partial charge in [0.05, 0.1) is 6.04 Å². The first-order valence-corrected chi connectivity index (χ1v) is 8.62. The lowest BCUT2D eigenvalue weighted by Crippen LogP contribution is -2.43. The molecule has 1 aromatic carbocycles. The Morgan fingerprint density at radius 1 is 1.35 bits per heavy atom. The lowest BCUT2D eigenvalue weighted by molar-refractivity contribution is -0.127. The zero-order valence-corrected chi connectivity index (χ0v) is 15.7. The van der Waals surface area contributed by atoms with Gasteiger partial charge in [-0.1, -0.05) is 37.6 Å². The third-order valence-electron chi connectivity index (χ3n) is 4.29. The number of carbonyl (C=O) groups excluding carboxylic acids is 1. The Morgan fingerprint density at radius 3 is 2.57 bits per heavy atom. The van der Waals surface area contributed by atoms with E-state index in [0.717, 1.165) is 36.4 Å². The molecular weight excluding hydrogens is 331 g/mol. The molecule has 0 aromatic heterocycles. The smallest absolute Gasteiger partial charge is 0.223 e. The van der Waals surface area contributed by atoms with E-state index in [1.165, 1.54) is 0 Å². The van der Waals surface area contributed by atoms with Gasteiger partial charge in [0.15, 0.2) is 0 Å². The Morgan fingerprint density at radius 2 is 2.00 bits per heavy atom. The lowest BCUT2D eigenvalue weighted by atomic mass is 9.91. The second-order valence-corrected chi connectivity index (χ2v) is 7.26. The summed E-state index contributed by atoms with van der Waals surface area (Å²) >= 11 is 5.97. The first-order chi connectivity index (χ1) is 10.5. The fraction of sp³-hybridized carbons (Fsp3) is 0.611. The van der Waals surface area contributed by atoms with Crippen LogP contribution in [0.2, 0.25) is 5.02 Å². The Bertz CT molecular complexity index is 490. The molecule has 1 aliphatic rings. The summed E-state index contributed by atoms with van der Waals surface area (Å²) in [6, 6.07) is 8.30. The van der Waals surface area contributed by atoms with Crippen LogP contribution in [0.4, 0.5) is 0 Å². The highest BCUT2D eigenvalue weighted by Gasteiger charge is 2.27. The molecule has 1 amide bonds. The minimum atomic E-state index is 0. The maximum Gasteiger partial charge on any atom is 0.223 e. The van der Waals surface area contributed by atoms with E-state index in [4.69, 9.17) is 11.6 Å². The Hall–Kier alpha value is -0.770. The van der Waals surface area contributed by atoms with Gasteiger partial charge in [0, 0.05) is 17.0 Å². The van der Waals surface area contributed by atoms with Crippen LogP contribution in [0.5, 0.6) is 0 Å². The van der Waals surface area contributed by atoms with Gasteiger partial charge in [0.1, 0.15) is 0 Å². The van der Waals surface area contributed by atoms with Crippen LogP contribution in [0, 0.1) is 11.8 Å².